The number of halogens is 3. The fourth-order valence-electron chi connectivity index (χ4n) is 3.06. The van der Waals surface area contributed by atoms with E-state index >= 15 is 0 Å². The summed E-state index contributed by atoms with van der Waals surface area (Å²) in [5.74, 6) is 1.09. The molecule has 0 saturated carbocycles. The van der Waals surface area contributed by atoms with Gasteiger partial charge in [0.15, 0.2) is 5.96 Å². The molecule has 2 rings (SSSR count). The number of nitrogens with zero attached hydrogens (tertiary/aromatic N) is 2. The van der Waals surface area contributed by atoms with Crippen LogP contribution in [0.5, 0.6) is 5.75 Å². The van der Waals surface area contributed by atoms with Gasteiger partial charge in [-0.05, 0) is 30.5 Å². The van der Waals surface area contributed by atoms with Crippen LogP contribution in [0.15, 0.2) is 29.3 Å². The highest BCUT2D eigenvalue weighted by Crippen LogP contribution is 2.22. The van der Waals surface area contributed by atoms with Gasteiger partial charge in [0.1, 0.15) is 5.75 Å². The van der Waals surface area contributed by atoms with Gasteiger partial charge in [-0.15, -0.1) is 13.2 Å². The lowest BCUT2D eigenvalue weighted by Gasteiger charge is -2.21. The third kappa shape index (κ3) is 7.93. The molecule has 1 unspecified atom stereocenters. The zero-order valence-electron chi connectivity index (χ0n) is 16.3. The summed E-state index contributed by atoms with van der Waals surface area (Å²) in [6.45, 7) is 4.36. The van der Waals surface area contributed by atoms with E-state index in [2.05, 4.69) is 19.9 Å². The van der Waals surface area contributed by atoms with E-state index in [0.29, 0.717) is 38.7 Å². The molecule has 0 spiro atoms. The Hall–Kier alpha value is -2.00. The monoisotopic (exact) mass is 403 g/mol. The third-order valence-electron chi connectivity index (χ3n) is 4.44. The molecule has 0 amide bonds. The van der Waals surface area contributed by atoms with Crippen LogP contribution in [0.4, 0.5) is 13.2 Å². The second-order valence-corrected chi connectivity index (χ2v) is 6.58. The molecule has 1 heterocycles. The van der Waals surface area contributed by atoms with E-state index in [-0.39, 0.29) is 5.75 Å². The molecular formula is C19H28F3N3O3. The first-order valence-electron chi connectivity index (χ1n) is 9.28. The number of hydrogen-bond acceptors (Lipinski definition) is 4. The number of guanidine groups is 1. The van der Waals surface area contributed by atoms with E-state index in [1.54, 1.807) is 26.3 Å². The quantitative estimate of drug-likeness (QED) is 0.390. The molecule has 1 aliphatic heterocycles. The zero-order valence-corrected chi connectivity index (χ0v) is 16.3. The smallest absolute Gasteiger partial charge is 0.406 e. The minimum Gasteiger partial charge on any atom is -0.406 e. The van der Waals surface area contributed by atoms with Gasteiger partial charge in [0, 0.05) is 39.7 Å². The van der Waals surface area contributed by atoms with Crippen LogP contribution in [-0.4, -0.2) is 70.8 Å². The van der Waals surface area contributed by atoms with Crippen LogP contribution in [0.1, 0.15) is 12.0 Å². The van der Waals surface area contributed by atoms with Crippen molar-refractivity contribution in [2.75, 3.05) is 53.6 Å². The van der Waals surface area contributed by atoms with E-state index in [4.69, 9.17) is 9.47 Å². The van der Waals surface area contributed by atoms with Gasteiger partial charge in [-0.2, -0.15) is 0 Å². The van der Waals surface area contributed by atoms with Gasteiger partial charge < -0.3 is 24.4 Å². The van der Waals surface area contributed by atoms with Gasteiger partial charge in [-0.3, -0.25) is 4.99 Å². The lowest BCUT2D eigenvalue weighted by molar-refractivity contribution is -0.274. The topological polar surface area (TPSA) is 55.3 Å². The summed E-state index contributed by atoms with van der Waals surface area (Å²) >= 11 is 0. The van der Waals surface area contributed by atoms with Crippen molar-refractivity contribution in [3.05, 3.63) is 29.8 Å². The Kier molecular flexibility index (Phi) is 8.85. The van der Waals surface area contributed by atoms with Crippen LogP contribution >= 0.6 is 0 Å². The number of hydrogen-bond donors (Lipinski definition) is 1. The van der Waals surface area contributed by atoms with E-state index in [1.165, 1.54) is 12.1 Å². The highest BCUT2D eigenvalue weighted by atomic mass is 19.4. The molecule has 158 valence electrons. The van der Waals surface area contributed by atoms with Crippen LogP contribution in [-0.2, 0) is 15.9 Å². The molecule has 1 aliphatic rings. The summed E-state index contributed by atoms with van der Waals surface area (Å²) < 4.78 is 51.0. The maximum absolute atomic E-state index is 12.2. The Balaban J connectivity index is 1.71. The van der Waals surface area contributed by atoms with Crippen LogP contribution in [0, 0.1) is 5.92 Å². The highest BCUT2D eigenvalue weighted by molar-refractivity contribution is 5.80. The van der Waals surface area contributed by atoms with Crippen molar-refractivity contribution >= 4 is 5.96 Å². The Morgan fingerprint density at radius 3 is 2.64 bits per heavy atom. The third-order valence-corrected chi connectivity index (χ3v) is 4.44. The fourth-order valence-corrected chi connectivity index (χ4v) is 3.06. The standard InChI is InChI=1S/C19H28F3N3O3/c1-23-18(25-10-8-16(13-25)14-27-12-11-26-2)24-9-7-15-3-5-17(6-4-15)28-19(20,21)22/h3-6,16H,7-14H2,1-2H3,(H,23,24). The first kappa shape index (κ1) is 22.3. The number of alkyl halides is 3. The average Bonchev–Trinajstić information content (AvgIpc) is 3.11. The average molecular weight is 403 g/mol. The molecule has 1 atom stereocenters. The molecule has 6 nitrogen and oxygen atoms in total. The number of rotatable bonds is 9. The van der Waals surface area contributed by atoms with E-state index in [0.717, 1.165) is 31.0 Å². The predicted octanol–water partition coefficient (Wildman–Crippen LogP) is 2.69. The van der Waals surface area contributed by atoms with Gasteiger partial charge in [-0.25, -0.2) is 0 Å². The van der Waals surface area contributed by atoms with Crippen LogP contribution in [0.2, 0.25) is 0 Å². The Morgan fingerprint density at radius 2 is 2.00 bits per heavy atom. The Labute approximate surface area is 163 Å². The second kappa shape index (κ2) is 11.1. The van der Waals surface area contributed by atoms with Crippen LogP contribution in [0.25, 0.3) is 0 Å². The molecule has 0 bridgehead atoms. The molecule has 0 radical (unpaired) electrons. The van der Waals surface area contributed by atoms with Crippen LogP contribution < -0.4 is 10.1 Å². The molecule has 9 heteroatoms. The minimum absolute atomic E-state index is 0.212. The second-order valence-electron chi connectivity index (χ2n) is 6.58. The molecular weight excluding hydrogens is 375 g/mol. The summed E-state index contributed by atoms with van der Waals surface area (Å²) in [7, 11) is 3.40. The van der Waals surface area contributed by atoms with Crippen molar-refractivity contribution in [2.24, 2.45) is 10.9 Å². The van der Waals surface area contributed by atoms with E-state index < -0.39 is 6.36 Å². The molecule has 1 aromatic carbocycles. The molecule has 0 aliphatic carbocycles. The molecule has 1 fully saturated rings. The summed E-state index contributed by atoms with van der Waals surface area (Å²) in [4.78, 5) is 6.52. The number of aliphatic imine (C=N–C) groups is 1. The number of likely N-dealkylation sites (tertiary alicyclic amines) is 1. The number of ether oxygens (including phenoxy) is 3. The summed E-state index contributed by atoms with van der Waals surface area (Å²) in [6, 6.07) is 5.92. The fraction of sp³-hybridized carbons (Fsp3) is 0.632. The normalized spacial score (nSPS) is 17.8. The minimum atomic E-state index is -4.67. The van der Waals surface area contributed by atoms with E-state index in [9.17, 15) is 13.2 Å². The Morgan fingerprint density at radius 1 is 1.25 bits per heavy atom. The SMILES string of the molecule is CN=C(NCCc1ccc(OC(F)(F)F)cc1)N1CCC(COCCOC)C1. The largest absolute Gasteiger partial charge is 0.573 e. The summed E-state index contributed by atoms with van der Waals surface area (Å²) in [6.07, 6.45) is -2.95. The van der Waals surface area contributed by atoms with Crippen LogP contribution in [0.3, 0.4) is 0 Å². The number of nitrogens with one attached hydrogen (secondary N) is 1. The van der Waals surface area contributed by atoms with Crippen molar-refractivity contribution in [2.45, 2.75) is 19.2 Å². The first-order chi connectivity index (χ1) is 13.4. The molecule has 1 saturated heterocycles. The molecule has 28 heavy (non-hydrogen) atoms. The van der Waals surface area contributed by atoms with Gasteiger partial charge in [0.2, 0.25) is 0 Å². The first-order valence-corrected chi connectivity index (χ1v) is 9.28. The van der Waals surface area contributed by atoms with Gasteiger partial charge in [0.25, 0.3) is 0 Å². The Bertz CT molecular complexity index is 609. The maximum atomic E-state index is 12.2. The van der Waals surface area contributed by atoms with Crippen molar-refractivity contribution in [3.63, 3.8) is 0 Å². The molecule has 1 aromatic rings. The highest BCUT2D eigenvalue weighted by Gasteiger charge is 2.31. The lowest BCUT2D eigenvalue weighted by atomic mass is 10.1. The molecule has 1 N–H and O–H groups in total. The van der Waals surface area contributed by atoms with Crippen molar-refractivity contribution in [1.29, 1.82) is 0 Å². The van der Waals surface area contributed by atoms with E-state index in [1.807, 2.05) is 0 Å². The number of benzene rings is 1. The molecule has 0 aromatic heterocycles. The zero-order chi connectivity index (χ0) is 20.4. The van der Waals surface area contributed by atoms with Crippen molar-refractivity contribution < 1.29 is 27.4 Å². The summed E-state index contributed by atoms with van der Waals surface area (Å²) in [5.41, 5.74) is 0.920. The predicted molar refractivity (Wildman–Crippen MR) is 101 cm³/mol. The number of methoxy groups -OCH3 is 1. The summed E-state index contributed by atoms with van der Waals surface area (Å²) in [5, 5.41) is 3.31. The maximum Gasteiger partial charge on any atom is 0.573 e. The lowest BCUT2D eigenvalue weighted by Crippen LogP contribution is -2.41. The van der Waals surface area contributed by atoms with Gasteiger partial charge in [0.05, 0.1) is 19.8 Å². The van der Waals surface area contributed by atoms with Crippen molar-refractivity contribution in [1.82, 2.24) is 10.2 Å². The van der Waals surface area contributed by atoms with Crippen molar-refractivity contribution in [3.8, 4) is 5.75 Å². The van der Waals surface area contributed by atoms with Gasteiger partial charge >= 0.3 is 6.36 Å². The van der Waals surface area contributed by atoms with Gasteiger partial charge in [-0.1, -0.05) is 12.1 Å².